The number of ether oxygens (including phenoxy) is 6. The van der Waals surface area contributed by atoms with Crippen molar-refractivity contribution < 1.29 is 48.2 Å². The van der Waals surface area contributed by atoms with Crippen LogP contribution in [-0.4, -0.2) is 123 Å². The second-order valence-corrected chi connectivity index (χ2v) is 14.2. The van der Waals surface area contributed by atoms with Crippen LogP contribution >= 0.6 is 0 Å². The SMILES string of the molecule is COC[C@]12CC[C@H](OC)[C@@]34[C@H]([C@@H]([C@@H](OC)[C@@H]13)[C@@]1(OC(C)=O)[C@@H]3[C@@H](OC(=O)c5ccccc5)[C@@](O)(C[C@@H]34)[C@@H](OC)[C@@H]1O)N(C)C2. The molecule has 7 rings (SSSR count). The Hall–Kier alpha value is -2.12. The van der Waals surface area contributed by atoms with Gasteiger partial charge in [-0.3, -0.25) is 4.79 Å². The van der Waals surface area contributed by atoms with Crippen molar-refractivity contribution in [1.82, 2.24) is 4.90 Å². The zero-order valence-corrected chi connectivity index (χ0v) is 26.3. The molecule has 0 aromatic heterocycles. The van der Waals surface area contributed by atoms with Crippen LogP contribution in [0, 0.1) is 34.5 Å². The van der Waals surface area contributed by atoms with E-state index < -0.39 is 64.8 Å². The number of benzene rings is 1. The number of likely N-dealkylation sites (tertiary alicyclic amines) is 1. The number of hydrogen-bond donors (Lipinski definition) is 2. The van der Waals surface area contributed by atoms with E-state index in [0.29, 0.717) is 12.2 Å². The molecule has 5 aliphatic carbocycles. The molecule has 1 spiro atoms. The van der Waals surface area contributed by atoms with Gasteiger partial charge in [0.25, 0.3) is 0 Å². The number of aliphatic hydroxyl groups excluding tert-OH is 1. The number of carbonyl (C=O) groups is 2. The van der Waals surface area contributed by atoms with Gasteiger partial charge in [-0.05, 0) is 44.4 Å². The van der Waals surface area contributed by atoms with Gasteiger partial charge < -0.3 is 43.5 Å². The van der Waals surface area contributed by atoms with Gasteiger partial charge in [-0.1, -0.05) is 18.2 Å². The summed E-state index contributed by atoms with van der Waals surface area (Å²) in [5.74, 6) is -2.96. The number of fused-ring (bicyclic) bond motifs is 2. The first-order valence-electron chi connectivity index (χ1n) is 15.7. The molecule has 0 radical (unpaired) electrons. The molecular weight excluding hydrogens is 570 g/mol. The van der Waals surface area contributed by atoms with E-state index in [1.807, 2.05) is 6.07 Å². The molecule has 242 valence electrons. The number of hydrogen-bond acceptors (Lipinski definition) is 11. The van der Waals surface area contributed by atoms with Gasteiger partial charge in [-0.2, -0.15) is 0 Å². The predicted molar refractivity (Wildman–Crippen MR) is 154 cm³/mol. The third kappa shape index (κ3) is 3.41. The lowest BCUT2D eigenvalue weighted by atomic mass is 9.43. The largest absolute Gasteiger partial charge is 0.455 e. The van der Waals surface area contributed by atoms with Crippen molar-refractivity contribution in [1.29, 1.82) is 0 Å². The lowest BCUT2D eigenvalue weighted by Crippen LogP contribution is -2.80. The first kappa shape index (κ1) is 30.5. The fraction of sp³-hybridized carbons (Fsp3) is 0.758. The van der Waals surface area contributed by atoms with Crippen LogP contribution in [0.5, 0.6) is 0 Å². The highest BCUT2D eigenvalue weighted by Gasteiger charge is 2.91. The zero-order chi connectivity index (χ0) is 31.4. The Morgan fingerprint density at radius 2 is 1.75 bits per heavy atom. The number of esters is 2. The van der Waals surface area contributed by atoms with Crippen molar-refractivity contribution in [2.75, 3.05) is 48.6 Å². The topological polar surface area (TPSA) is 133 Å². The third-order valence-electron chi connectivity index (χ3n) is 12.8. The molecule has 5 saturated carbocycles. The minimum atomic E-state index is -1.76. The highest BCUT2D eigenvalue weighted by atomic mass is 16.6. The number of piperidine rings is 1. The molecule has 1 aromatic rings. The van der Waals surface area contributed by atoms with Gasteiger partial charge in [0.1, 0.15) is 23.9 Å². The molecule has 0 unspecified atom stereocenters. The minimum Gasteiger partial charge on any atom is -0.455 e. The van der Waals surface area contributed by atoms with E-state index in [2.05, 4.69) is 11.9 Å². The summed E-state index contributed by atoms with van der Waals surface area (Å²) in [4.78, 5) is 29.2. The number of carbonyl (C=O) groups excluding carboxylic acids is 2. The average Bonchev–Trinajstić information content (AvgIpc) is 3.39. The first-order chi connectivity index (χ1) is 21.0. The normalized spacial score (nSPS) is 49.9. The maximum Gasteiger partial charge on any atom is 0.338 e. The first-order valence-corrected chi connectivity index (χ1v) is 15.7. The molecule has 14 atom stereocenters. The zero-order valence-electron chi connectivity index (χ0n) is 26.3. The molecule has 11 nitrogen and oxygen atoms in total. The predicted octanol–water partition coefficient (Wildman–Crippen LogP) is 1.29. The Bertz CT molecular complexity index is 1310. The summed E-state index contributed by atoms with van der Waals surface area (Å²) in [6, 6.07) is 8.39. The van der Waals surface area contributed by atoms with E-state index in [0.717, 1.165) is 19.4 Å². The van der Waals surface area contributed by atoms with Gasteiger partial charge in [0.15, 0.2) is 5.60 Å². The van der Waals surface area contributed by atoms with Crippen LogP contribution in [0.1, 0.15) is 36.5 Å². The molecule has 44 heavy (non-hydrogen) atoms. The summed E-state index contributed by atoms with van der Waals surface area (Å²) < 4.78 is 37.5. The Kier molecular flexibility index (Phi) is 7.07. The van der Waals surface area contributed by atoms with Gasteiger partial charge in [0, 0.05) is 76.5 Å². The number of nitrogens with zero attached hydrogens (tertiary/aromatic N) is 1. The van der Waals surface area contributed by atoms with Crippen LogP contribution in [-0.2, 0) is 33.2 Å². The third-order valence-corrected chi connectivity index (χ3v) is 12.8. The number of aliphatic hydroxyl groups is 2. The van der Waals surface area contributed by atoms with E-state index in [1.54, 1.807) is 45.6 Å². The molecule has 1 aliphatic heterocycles. The molecular formula is C33H45NO10. The van der Waals surface area contributed by atoms with Crippen molar-refractivity contribution in [3.05, 3.63) is 35.9 Å². The standard InChI is InChI=1S/C33H45NO10/c1-17(35)44-33-21-19(14-31(38,28(42-6)26(33)36)27(21)43-29(37)18-10-8-7-9-11-18)32-20(40-4)12-13-30(16-39-3)15-34(2)25(32)22(33)23(41-5)24(30)32/h7-11,19-28,36,38H,12-16H2,1-6H3/t19-,20-,21-,22+,23+,24-,25-,26-,27+,28-,30+,31-,32+,33-/m0/s1. The van der Waals surface area contributed by atoms with E-state index in [1.165, 1.54) is 14.0 Å². The van der Waals surface area contributed by atoms with Gasteiger partial charge in [0.2, 0.25) is 0 Å². The maximum atomic E-state index is 13.7. The van der Waals surface area contributed by atoms with E-state index in [-0.39, 0.29) is 35.8 Å². The highest BCUT2D eigenvalue weighted by molar-refractivity contribution is 5.89. The van der Waals surface area contributed by atoms with Gasteiger partial charge >= 0.3 is 11.9 Å². The van der Waals surface area contributed by atoms with Crippen LogP contribution in [0.4, 0.5) is 0 Å². The molecule has 6 aliphatic rings. The fourth-order valence-electron chi connectivity index (χ4n) is 12.3. The Balaban J connectivity index is 1.51. The summed E-state index contributed by atoms with van der Waals surface area (Å²) in [5.41, 5.74) is -3.93. The molecule has 11 heteroatoms. The molecule has 1 heterocycles. The summed E-state index contributed by atoms with van der Waals surface area (Å²) in [6.07, 6.45) is -2.66. The molecule has 7 bridgehead atoms. The monoisotopic (exact) mass is 615 g/mol. The Labute approximate surface area is 258 Å². The van der Waals surface area contributed by atoms with Crippen molar-refractivity contribution in [3.8, 4) is 0 Å². The average molecular weight is 616 g/mol. The summed E-state index contributed by atoms with van der Waals surface area (Å²) in [7, 11) is 8.63. The summed E-state index contributed by atoms with van der Waals surface area (Å²) in [6.45, 7) is 2.56. The lowest BCUT2D eigenvalue weighted by molar-refractivity contribution is -0.316. The second kappa shape index (κ2) is 10.2. The highest BCUT2D eigenvalue weighted by Crippen LogP contribution is 2.80. The second-order valence-electron chi connectivity index (χ2n) is 14.2. The molecule has 1 aromatic carbocycles. The van der Waals surface area contributed by atoms with Crippen molar-refractivity contribution in [3.63, 3.8) is 0 Å². The van der Waals surface area contributed by atoms with Gasteiger partial charge in [0.05, 0.1) is 24.4 Å². The lowest BCUT2D eigenvalue weighted by Gasteiger charge is -2.69. The maximum absolute atomic E-state index is 13.7. The van der Waals surface area contributed by atoms with Crippen LogP contribution in [0.25, 0.3) is 0 Å². The fourth-order valence-corrected chi connectivity index (χ4v) is 12.3. The van der Waals surface area contributed by atoms with Crippen LogP contribution in [0.15, 0.2) is 30.3 Å². The van der Waals surface area contributed by atoms with Crippen LogP contribution in [0.2, 0.25) is 0 Å². The van der Waals surface area contributed by atoms with Crippen molar-refractivity contribution in [2.45, 2.75) is 73.9 Å². The minimum absolute atomic E-state index is 0.103. The van der Waals surface area contributed by atoms with E-state index in [9.17, 15) is 19.8 Å². The van der Waals surface area contributed by atoms with Crippen molar-refractivity contribution >= 4 is 11.9 Å². The summed E-state index contributed by atoms with van der Waals surface area (Å²) >= 11 is 0. The summed E-state index contributed by atoms with van der Waals surface area (Å²) in [5, 5.41) is 25.1. The van der Waals surface area contributed by atoms with Crippen LogP contribution < -0.4 is 0 Å². The molecule has 6 fully saturated rings. The van der Waals surface area contributed by atoms with Gasteiger partial charge in [-0.25, -0.2) is 4.79 Å². The Morgan fingerprint density at radius 3 is 2.36 bits per heavy atom. The molecule has 2 N–H and O–H groups in total. The van der Waals surface area contributed by atoms with E-state index in [4.69, 9.17) is 28.4 Å². The number of methoxy groups -OCH3 is 4. The molecule has 1 saturated heterocycles. The molecule has 0 amide bonds. The van der Waals surface area contributed by atoms with Crippen LogP contribution in [0.3, 0.4) is 0 Å². The van der Waals surface area contributed by atoms with E-state index >= 15 is 0 Å². The Morgan fingerprint density at radius 1 is 1.02 bits per heavy atom. The van der Waals surface area contributed by atoms with Gasteiger partial charge in [-0.15, -0.1) is 0 Å². The van der Waals surface area contributed by atoms with Crippen molar-refractivity contribution in [2.24, 2.45) is 34.5 Å². The quantitative estimate of drug-likeness (QED) is 0.410. The smallest absolute Gasteiger partial charge is 0.338 e. The number of rotatable bonds is 8.